The van der Waals surface area contributed by atoms with Crippen molar-refractivity contribution in [3.05, 3.63) is 52.5 Å². The molecule has 2 aliphatic heterocycles. The van der Waals surface area contributed by atoms with E-state index in [-0.39, 0.29) is 17.8 Å². The van der Waals surface area contributed by atoms with Gasteiger partial charge in [0.25, 0.3) is 5.91 Å². The molecule has 2 fully saturated rings. The third-order valence-electron chi connectivity index (χ3n) is 4.92. The molecule has 0 spiro atoms. The SMILES string of the molecule is CN1C(=N)NC2(c3cccs3)CN(C(=O)c3ccncc3)CC2C1=O. The maximum atomic E-state index is 12.9. The van der Waals surface area contributed by atoms with Crippen molar-refractivity contribution < 1.29 is 9.59 Å². The van der Waals surface area contributed by atoms with E-state index >= 15 is 0 Å². The van der Waals surface area contributed by atoms with Crippen LogP contribution in [0.1, 0.15) is 15.2 Å². The molecule has 8 heteroatoms. The highest BCUT2D eigenvalue weighted by molar-refractivity contribution is 7.10. The van der Waals surface area contributed by atoms with Gasteiger partial charge in [0.1, 0.15) is 5.54 Å². The van der Waals surface area contributed by atoms with Crippen LogP contribution in [0.15, 0.2) is 42.0 Å². The summed E-state index contributed by atoms with van der Waals surface area (Å²) in [6.07, 6.45) is 3.16. The molecule has 0 bridgehead atoms. The van der Waals surface area contributed by atoms with Gasteiger partial charge in [-0.2, -0.15) is 0 Å². The zero-order chi connectivity index (χ0) is 17.6. The minimum atomic E-state index is -0.739. The lowest BCUT2D eigenvalue weighted by molar-refractivity contribution is -0.134. The Labute approximate surface area is 148 Å². The molecule has 4 rings (SSSR count). The summed E-state index contributed by atoms with van der Waals surface area (Å²) in [5.41, 5.74) is -0.191. The maximum absolute atomic E-state index is 12.9. The van der Waals surface area contributed by atoms with E-state index in [4.69, 9.17) is 5.41 Å². The van der Waals surface area contributed by atoms with Crippen LogP contribution in [0, 0.1) is 11.3 Å². The zero-order valence-electron chi connectivity index (χ0n) is 13.6. The van der Waals surface area contributed by atoms with Crippen LogP contribution in [-0.2, 0) is 10.3 Å². The summed E-state index contributed by atoms with van der Waals surface area (Å²) < 4.78 is 0. The summed E-state index contributed by atoms with van der Waals surface area (Å²) in [6, 6.07) is 7.22. The van der Waals surface area contributed by atoms with Crippen molar-refractivity contribution >= 4 is 29.1 Å². The monoisotopic (exact) mass is 355 g/mol. The predicted octanol–water partition coefficient (Wildman–Crippen LogP) is 1.11. The van der Waals surface area contributed by atoms with Crippen LogP contribution in [-0.4, -0.2) is 52.7 Å². The van der Waals surface area contributed by atoms with E-state index in [0.717, 1.165) is 4.88 Å². The van der Waals surface area contributed by atoms with Gasteiger partial charge in [0.2, 0.25) is 5.91 Å². The largest absolute Gasteiger partial charge is 0.343 e. The lowest BCUT2D eigenvalue weighted by atomic mass is 9.83. The summed E-state index contributed by atoms with van der Waals surface area (Å²) in [4.78, 5) is 33.6. The molecule has 128 valence electrons. The zero-order valence-corrected chi connectivity index (χ0v) is 14.4. The summed E-state index contributed by atoms with van der Waals surface area (Å²) in [7, 11) is 1.59. The molecule has 4 heterocycles. The number of carbonyl (C=O) groups is 2. The number of amides is 2. The van der Waals surface area contributed by atoms with Crippen LogP contribution in [0.25, 0.3) is 0 Å². The van der Waals surface area contributed by atoms with Crippen LogP contribution < -0.4 is 5.32 Å². The first-order valence-electron chi connectivity index (χ1n) is 7.90. The lowest BCUT2D eigenvalue weighted by Crippen LogP contribution is -2.64. The second kappa shape index (κ2) is 5.66. The summed E-state index contributed by atoms with van der Waals surface area (Å²) >= 11 is 1.53. The summed E-state index contributed by atoms with van der Waals surface area (Å²) in [5, 5.41) is 13.3. The Morgan fingerprint density at radius 1 is 1.40 bits per heavy atom. The highest BCUT2D eigenvalue weighted by Gasteiger charge is 2.57. The molecule has 0 saturated carbocycles. The molecular formula is C17H17N5O2S. The first-order valence-corrected chi connectivity index (χ1v) is 8.78. The summed E-state index contributed by atoms with van der Waals surface area (Å²) in [5.74, 6) is -0.623. The molecule has 2 unspecified atom stereocenters. The predicted molar refractivity (Wildman–Crippen MR) is 93.3 cm³/mol. The minimum Gasteiger partial charge on any atom is -0.343 e. The highest BCUT2D eigenvalue weighted by Crippen LogP contribution is 2.42. The number of carbonyl (C=O) groups excluding carboxylic acids is 2. The van der Waals surface area contributed by atoms with E-state index in [1.807, 2.05) is 17.5 Å². The molecule has 2 N–H and O–H groups in total. The first-order chi connectivity index (χ1) is 12.0. The van der Waals surface area contributed by atoms with Gasteiger partial charge in [-0.1, -0.05) is 6.07 Å². The Kier molecular flexibility index (Phi) is 3.57. The van der Waals surface area contributed by atoms with Gasteiger partial charge in [0.15, 0.2) is 5.96 Å². The van der Waals surface area contributed by atoms with Gasteiger partial charge in [-0.05, 0) is 23.6 Å². The first kappa shape index (κ1) is 15.8. The molecule has 0 aromatic carbocycles. The quantitative estimate of drug-likeness (QED) is 0.844. The van der Waals surface area contributed by atoms with Crippen molar-refractivity contribution in [1.29, 1.82) is 5.41 Å². The second-order valence-electron chi connectivity index (χ2n) is 6.29. The standard InChI is InChI=1S/C17H17N5O2S/c1-21-15(24)12-9-22(14(23)11-4-6-19-7-5-11)10-17(12,20-16(21)18)13-3-2-8-25-13/h2-8,12H,9-10H2,1H3,(H2,18,20). The molecule has 2 aliphatic rings. The second-order valence-corrected chi connectivity index (χ2v) is 7.24. The van der Waals surface area contributed by atoms with E-state index in [2.05, 4.69) is 10.3 Å². The van der Waals surface area contributed by atoms with Crippen LogP contribution in [0.5, 0.6) is 0 Å². The molecule has 2 saturated heterocycles. The minimum absolute atomic E-state index is 0.0628. The number of hydrogen-bond donors (Lipinski definition) is 2. The van der Waals surface area contributed by atoms with Gasteiger partial charge in [0.05, 0.1) is 5.92 Å². The topological polar surface area (TPSA) is 89.4 Å². The average Bonchev–Trinajstić information content (AvgIpc) is 3.28. The van der Waals surface area contributed by atoms with Gasteiger partial charge >= 0.3 is 0 Å². The van der Waals surface area contributed by atoms with E-state index in [1.54, 1.807) is 36.5 Å². The lowest BCUT2D eigenvalue weighted by Gasteiger charge is -2.42. The van der Waals surface area contributed by atoms with Crippen LogP contribution in [0.2, 0.25) is 0 Å². The number of guanidine groups is 1. The Balaban J connectivity index is 1.74. The van der Waals surface area contributed by atoms with Crippen LogP contribution in [0.4, 0.5) is 0 Å². The van der Waals surface area contributed by atoms with E-state index in [0.29, 0.717) is 18.7 Å². The summed E-state index contributed by atoms with van der Waals surface area (Å²) in [6.45, 7) is 0.670. The van der Waals surface area contributed by atoms with Crippen LogP contribution in [0.3, 0.4) is 0 Å². The molecule has 0 radical (unpaired) electrons. The fourth-order valence-electron chi connectivity index (χ4n) is 3.58. The Morgan fingerprint density at radius 3 is 2.84 bits per heavy atom. The number of rotatable bonds is 2. The third kappa shape index (κ3) is 2.32. The van der Waals surface area contributed by atoms with Crippen LogP contribution >= 0.6 is 11.3 Å². The number of fused-ring (bicyclic) bond motifs is 1. The van der Waals surface area contributed by atoms with Gasteiger partial charge in [0, 0.05) is 43.0 Å². The van der Waals surface area contributed by atoms with Crippen molar-refractivity contribution in [1.82, 2.24) is 20.1 Å². The van der Waals surface area contributed by atoms with E-state index in [9.17, 15) is 9.59 Å². The van der Waals surface area contributed by atoms with E-state index < -0.39 is 11.5 Å². The number of pyridine rings is 1. The molecule has 25 heavy (non-hydrogen) atoms. The third-order valence-corrected chi connectivity index (χ3v) is 5.97. The van der Waals surface area contributed by atoms with E-state index in [1.165, 1.54) is 16.2 Å². The smallest absolute Gasteiger partial charge is 0.254 e. The van der Waals surface area contributed by atoms with Gasteiger partial charge in [-0.15, -0.1) is 11.3 Å². The fraction of sp³-hybridized carbons (Fsp3) is 0.294. The van der Waals surface area contributed by atoms with Crippen molar-refractivity contribution in [2.24, 2.45) is 5.92 Å². The van der Waals surface area contributed by atoms with Crippen molar-refractivity contribution in [3.8, 4) is 0 Å². The molecule has 2 atom stereocenters. The Morgan fingerprint density at radius 2 is 2.16 bits per heavy atom. The average molecular weight is 355 g/mol. The number of thiophene rings is 1. The molecule has 2 aromatic heterocycles. The fourth-order valence-corrected chi connectivity index (χ4v) is 4.51. The highest BCUT2D eigenvalue weighted by atomic mass is 32.1. The number of aromatic nitrogens is 1. The van der Waals surface area contributed by atoms with Gasteiger partial charge in [-0.3, -0.25) is 24.9 Å². The number of hydrogen-bond acceptors (Lipinski definition) is 5. The molecular weight excluding hydrogens is 338 g/mol. The van der Waals surface area contributed by atoms with Gasteiger partial charge < -0.3 is 10.2 Å². The Bertz CT molecular complexity index is 838. The molecule has 2 aromatic rings. The van der Waals surface area contributed by atoms with Crippen molar-refractivity contribution in [3.63, 3.8) is 0 Å². The normalized spacial score (nSPS) is 25.7. The molecule has 7 nitrogen and oxygen atoms in total. The maximum Gasteiger partial charge on any atom is 0.254 e. The van der Waals surface area contributed by atoms with Gasteiger partial charge in [-0.25, -0.2) is 0 Å². The Hall–Kier alpha value is -2.74. The number of likely N-dealkylation sites (tertiary alicyclic amines) is 1. The van der Waals surface area contributed by atoms with Crippen molar-refractivity contribution in [2.45, 2.75) is 5.54 Å². The number of nitrogens with one attached hydrogen (secondary N) is 2. The molecule has 0 aliphatic carbocycles. The number of nitrogens with zero attached hydrogens (tertiary/aromatic N) is 3. The van der Waals surface area contributed by atoms with Crippen molar-refractivity contribution in [2.75, 3.05) is 20.1 Å². The molecule has 2 amide bonds.